The van der Waals surface area contributed by atoms with Crippen LogP contribution in [0.4, 0.5) is 13.2 Å². The van der Waals surface area contributed by atoms with Crippen LogP contribution in [0.3, 0.4) is 0 Å². The zero-order valence-electron chi connectivity index (χ0n) is 10.1. The molecule has 2 N–H and O–H groups in total. The van der Waals surface area contributed by atoms with Gasteiger partial charge < -0.3 is 5.73 Å². The number of halogens is 5. The molecule has 1 nitrogen and oxygen atoms in total. The zero-order valence-corrected chi connectivity index (χ0v) is 12.5. The average Bonchev–Trinajstić information content (AvgIpc) is 2.40. The van der Waals surface area contributed by atoms with Gasteiger partial charge in [-0.3, -0.25) is 0 Å². The zero-order chi connectivity index (χ0) is 14.9. The predicted octanol–water partition coefficient (Wildman–Crippen LogP) is 4.76. The van der Waals surface area contributed by atoms with Gasteiger partial charge in [0.2, 0.25) is 0 Å². The second kappa shape index (κ2) is 6.16. The van der Waals surface area contributed by atoms with Crippen LogP contribution < -0.4 is 5.73 Å². The van der Waals surface area contributed by atoms with E-state index in [1.165, 1.54) is 18.2 Å². The highest BCUT2D eigenvalue weighted by atomic mass is 79.9. The van der Waals surface area contributed by atoms with E-state index in [4.69, 9.17) is 17.3 Å². The maximum Gasteiger partial charge on any atom is 0.145 e. The lowest BCUT2D eigenvalue weighted by Gasteiger charge is -2.15. The standard InChI is InChI=1S/C14H10BrClF3N/c15-8-4-5-10(17)12(14(8)19)11(20)6-7-2-1-3-9(16)13(7)18/h1-5,11H,6,20H2. The van der Waals surface area contributed by atoms with Crippen LogP contribution in [-0.2, 0) is 6.42 Å². The van der Waals surface area contributed by atoms with Crippen molar-refractivity contribution in [3.8, 4) is 0 Å². The molecule has 0 bridgehead atoms. The molecule has 0 radical (unpaired) electrons. The molecule has 0 amide bonds. The second-order valence-corrected chi connectivity index (χ2v) is 5.54. The Balaban J connectivity index is 2.36. The molecule has 0 heterocycles. The minimum absolute atomic E-state index is 0.0510. The van der Waals surface area contributed by atoms with E-state index in [0.717, 1.165) is 6.07 Å². The van der Waals surface area contributed by atoms with Gasteiger partial charge >= 0.3 is 0 Å². The fourth-order valence-corrected chi connectivity index (χ4v) is 2.47. The van der Waals surface area contributed by atoms with Crippen LogP contribution in [0.2, 0.25) is 5.02 Å². The Morgan fingerprint density at radius 2 is 1.80 bits per heavy atom. The largest absolute Gasteiger partial charge is 0.323 e. The molecule has 2 rings (SSSR count). The Kier molecular flexibility index (Phi) is 4.73. The van der Waals surface area contributed by atoms with Gasteiger partial charge in [-0.15, -0.1) is 0 Å². The van der Waals surface area contributed by atoms with E-state index in [9.17, 15) is 13.2 Å². The summed E-state index contributed by atoms with van der Waals surface area (Å²) in [4.78, 5) is 0. The molecule has 20 heavy (non-hydrogen) atoms. The van der Waals surface area contributed by atoms with Crippen molar-refractivity contribution in [1.29, 1.82) is 0 Å². The lowest BCUT2D eigenvalue weighted by molar-refractivity contribution is 0.515. The molecule has 2 aromatic rings. The van der Waals surface area contributed by atoms with Crippen LogP contribution in [-0.4, -0.2) is 0 Å². The van der Waals surface area contributed by atoms with Gasteiger partial charge in [0.05, 0.1) is 9.50 Å². The van der Waals surface area contributed by atoms with Crippen molar-refractivity contribution in [1.82, 2.24) is 0 Å². The Morgan fingerprint density at radius 1 is 1.10 bits per heavy atom. The molecule has 1 atom stereocenters. The minimum Gasteiger partial charge on any atom is -0.323 e. The minimum atomic E-state index is -1.01. The van der Waals surface area contributed by atoms with Gasteiger partial charge in [0.25, 0.3) is 0 Å². The van der Waals surface area contributed by atoms with Gasteiger partial charge in [-0.25, -0.2) is 13.2 Å². The van der Waals surface area contributed by atoms with Crippen molar-refractivity contribution in [3.63, 3.8) is 0 Å². The summed E-state index contributed by atoms with van der Waals surface area (Å²) in [5.74, 6) is -2.17. The molecular formula is C14H10BrClF3N. The Bertz CT molecular complexity index is 649. The molecule has 0 aliphatic rings. The average molecular weight is 365 g/mol. The molecule has 6 heteroatoms. The number of hydrogen-bond donors (Lipinski definition) is 1. The number of nitrogens with two attached hydrogens (primary N) is 1. The lowest BCUT2D eigenvalue weighted by atomic mass is 9.98. The fraction of sp³-hybridized carbons (Fsp3) is 0.143. The molecule has 0 aliphatic carbocycles. The molecule has 0 fully saturated rings. The molecular weight excluding hydrogens is 355 g/mol. The van der Waals surface area contributed by atoms with Crippen LogP contribution >= 0.6 is 27.5 Å². The van der Waals surface area contributed by atoms with Crippen LogP contribution in [0.15, 0.2) is 34.8 Å². The van der Waals surface area contributed by atoms with Crippen LogP contribution in [0.5, 0.6) is 0 Å². The molecule has 1 unspecified atom stereocenters. The van der Waals surface area contributed by atoms with E-state index < -0.39 is 23.5 Å². The summed E-state index contributed by atoms with van der Waals surface area (Å²) in [5.41, 5.74) is 5.74. The van der Waals surface area contributed by atoms with Gasteiger partial charge in [-0.1, -0.05) is 23.7 Å². The van der Waals surface area contributed by atoms with E-state index in [1.807, 2.05) is 0 Å². The van der Waals surface area contributed by atoms with E-state index in [0.29, 0.717) is 0 Å². The molecule has 0 aromatic heterocycles. The van der Waals surface area contributed by atoms with Crippen molar-refractivity contribution in [3.05, 3.63) is 68.4 Å². The van der Waals surface area contributed by atoms with E-state index >= 15 is 0 Å². The van der Waals surface area contributed by atoms with E-state index in [-0.39, 0.29) is 27.0 Å². The molecule has 106 valence electrons. The van der Waals surface area contributed by atoms with Gasteiger partial charge in [0.1, 0.15) is 17.5 Å². The highest BCUT2D eigenvalue weighted by Crippen LogP contribution is 2.29. The normalized spacial score (nSPS) is 12.5. The number of hydrogen-bond acceptors (Lipinski definition) is 1. The molecule has 0 spiro atoms. The first-order chi connectivity index (χ1) is 9.41. The first-order valence-corrected chi connectivity index (χ1v) is 6.90. The highest BCUT2D eigenvalue weighted by molar-refractivity contribution is 9.10. The lowest BCUT2D eigenvalue weighted by Crippen LogP contribution is -2.18. The summed E-state index contributed by atoms with van der Waals surface area (Å²) in [7, 11) is 0. The van der Waals surface area contributed by atoms with E-state index in [1.54, 1.807) is 6.07 Å². The van der Waals surface area contributed by atoms with Gasteiger partial charge in [-0.05, 0) is 46.1 Å². The first-order valence-electron chi connectivity index (χ1n) is 5.73. The Labute approximate surface area is 127 Å². The molecule has 0 aliphatic heterocycles. The Hall–Kier alpha value is -1.04. The summed E-state index contributed by atoms with van der Waals surface area (Å²) in [5, 5.41) is -0.0510. The third-order valence-electron chi connectivity index (χ3n) is 2.92. The number of benzene rings is 2. The summed E-state index contributed by atoms with van der Waals surface area (Å²) >= 11 is 8.63. The van der Waals surface area contributed by atoms with Crippen molar-refractivity contribution < 1.29 is 13.2 Å². The quantitative estimate of drug-likeness (QED) is 0.781. The fourth-order valence-electron chi connectivity index (χ4n) is 1.93. The maximum atomic E-state index is 13.9. The van der Waals surface area contributed by atoms with Gasteiger partial charge in [-0.2, -0.15) is 0 Å². The van der Waals surface area contributed by atoms with Gasteiger partial charge in [0.15, 0.2) is 0 Å². The van der Waals surface area contributed by atoms with Crippen molar-refractivity contribution in [2.24, 2.45) is 5.73 Å². The monoisotopic (exact) mass is 363 g/mol. The predicted molar refractivity (Wildman–Crippen MR) is 76.1 cm³/mol. The van der Waals surface area contributed by atoms with Crippen LogP contribution in [0, 0.1) is 17.5 Å². The summed E-state index contributed by atoms with van der Waals surface area (Å²) < 4.78 is 41.5. The van der Waals surface area contributed by atoms with Crippen molar-refractivity contribution in [2.45, 2.75) is 12.5 Å². The van der Waals surface area contributed by atoms with Crippen molar-refractivity contribution >= 4 is 27.5 Å². The topological polar surface area (TPSA) is 26.0 Å². The SMILES string of the molecule is NC(Cc1cccc(Cl)c1F)c1c(F)ccc(Br)c1F. The van der Waals surface area contributed by atoms with Crippen LogP contribution in [0.25, 0.3) is 0 Å². The van der Waals surface area contributed by atoms with Gasteiger partial charge in [0, 0.05) is 11.6 Å². The third-order valence-corrected chi connectivity index (χ3v) is 3.83. The third kappa shape index (κ3) is 3.00. The molecule has 2 aromatic carbocycles. The highest BCUT2D eigenvalue weighted by Gasteiger charge is 2.20. The van der Waals surface area contributed by atoms with E-state index in [2.05, 4.69) is 15.9 Å². The van der Waals surface area contributed by atoms with Crippen LogP contribution in [0.1, 0.15) is 17.2 Å². The van der Waals surface area contributed by atoms with Crippen molar-refractivity contribution in [2.75, 3.05) is 0 Å². The molecule has 0 saturated carbocycles. The Morgan fingerprint density at radius 3 is 2.50 bits per heavy atom. The first kappa shape index (κ1) is 15.4. The molecule has 0 saturated heterocycles. The smallest absolute Gasteiger partial charge is 0.145 e. The summed E-state index contributed by atoms with van der Waals surface area (Å²) in [6.45, 7) is 0. The summed E-state index contributed by atoms with van der Waals surface area (Å²) in [6.07, 6.45) is -0.0588. The number of rotatable bonds is 3. The second-order valence-electron chi connectivity index (χ2n) is 4.28. The maximum absolute atomic E-state index is 13.9. The summed E-state index contributed by atoms with van der Waals surface area (Å²) in [6, 6.07) is 5.78.